The quantitative estimate of drug-likeness (QED) is 0.703. The Morgan fingerprint density at radius 1 is 0.706 bits per heavy atom. The van der Waals surface area contributed by atoms with Gasteiger partial charge >= 0.3 is 0 Å². The molecule has 17 heavy (non-hydrogen) atoms. The van der Waals surface area contributed by atoms with Gasteiger partial charge in [-0.3, -0.25) is 0 Å². The van der Waals surface area contributed by atoms with Crippen LogP contribution in [0.1, 0.15) is 49.3 Å². The van der Waals surface area contributed by atoms with E-state index < -0.39 is 0 Å². The van der Waals surface area contributed by atoms with Crippen LogP contribution in [0.4, 0.5) is 0 Å². The van der Waals surface area contributed by atoms with Gasteiger partial charge in [0, 0.05) is 9.75 Å². The molecule has 0 saturated carbocycles. The third-order valence-electron chi connectivity index (χ3n) is 2.85. The Hall–Kier alpha value is 0.560. The first-order valence-electron chi connectivity index (χ1n) is 6.28. The van der Waals surface area contributed by atoms with Crippen molar-refractivity contribution in [3.63, 3.8) is 0 Å². The standard InChI is InChI=1S/C14H26P2S/c1-9(2)13-11(15(5)6)12(16(7)8)14(17-13)10(3)4/h9-10H,1-8H3. The molecular formula is C14H26P2S. The van der Waals surface area contributed by atoms with E-state index in [4.69, 9.17) is 0 Å². The van der Waals surface area contributed by atoms with E-state index in [1.807, 2.05) is 0 Å². The molecule has 0 aromatic carbocycles. The average Bonchev–Trinajstić information content (AvgIpc) is 2.56. The first-order valence-corrected chi connectivity index (χ1v) is 11.6. The van der Waals surface area contributed by atoms with Crippen LogP contribution < -0.4 is 10.6 Å². The Morgan fingerprint density at radius 2 is 1.00 bits per heavy atom. The van der Waals surface area contributed by atoms with Crippen molar-refractivity contribution in [1.29, 1.82) is 0 Å². The Morgan fingerprint density at radius 3 is 1.18 bits per heavy atom. The van der Waals surface area contributed by atoms with Crippen molar-refractivity contribution in [2.75, 3.05) is 26.7 Å². The molecule has 0 amide bonds. The highest BCUT2D eigenvalue weighted by Gasteiger charge is 2.24. The van der Waals surface area contributed by atoms with Crippen molar-refractivity contribution in [2.45, 2.75) is 39.5 Å². The zero-order valence-electron chi connectivity index (χ0n) is 12.5. The molecule has 3 heteroatoms. The van der Waals surface area contributed by atoms with Crippen LogP contribution in [-0.4, -0.2) is 26.7 Å². The van der Waals surface area contributed by atoms with E-state index >= 15 is 0 Å². The van der Waals surface area contributed by atoms with Crippen LogP contribution in [0.2, 0.25) is 0 Å². The third-order valence-corrected chi connectivity index (χ3v) is 7.84. The summed E-state index contributed by atoms with van der Waals surface area (Å²) in [5, 5.41) is 3.47. The molecule has 98 valence electrons. The van der Waals surface area contributed by atoms with Gasteiger partial charge in [0.2, 0.25) is 0 Å². The molecule has 0 fully saturated rings. The SMILES string of the molecule is CC(C)c1sc(C(C)C)c(P(C)C)c1P(C)C. The Bertz CT molecular complexity index is 341. The van der Waals surface area contributed by atoms with Crippen molar-refractivity contribution in [2.24, 2.45) is 0 Å². The molecule has 0 aliphatic carbocycles. The second-order valence-corrected chi connectivity index (χ2v) is 11.2. The molecular weight excluding hydrogens is 262 g/mol. The van der Waals surface area contributed by atoms with Crippen LogP contribution in [0.3, 0.4) is 0 Å². The summed E-state index contributed by atoms with van der Waals surface area (Å²) in [6, 6.07) is 0. The van der Waals surface area contributed by atoms with Crippen LogP contribution in [0.5, 0.6) is 0 Å². The Balaban J connectivity index is 3.49. The van der Waals surface area contributed by atoms with Crippen molar-refractivity contribution >= 4 is 37.8 Å². The lowest BCUT2D eigenvalue weighted by Crippen LogP contribution is -2.23. The highest BCUT2D eigenvalue weighted by atomic mass is 32.1. The summed E-state index contributed by atoms with van der Waals surface area (Å²) < 4.78 is 0. The van der Waals surface area contributed by atoms with E-state index in [1.165, 1.54) is 0 Å². The maximum Gasteiger partial charge on any atom is 0.0157 e. The maximum atomic E-state index is 2.41. The highest BCUT2D eigenvalue weighted by Crippen LogP contribution is 2.41. The summed E-state index contributed by atoms with van der Waals surface area (Å²) in [5.41, 5.74) is 0. The minimum absolute atomic E-state index is 0.0206. The minimum atomic E-state index is 0.0206. The van der Waals surface area contributed by atoms with Crippen LogP contribution >= 0.6 is 27.2 Å². The summed E-state index contributed by atoms with van der Waals surface area (Å²) in [5.74, 6) is 1.36. The molecule has 0 bridgehead atoms. The van der Waals surface area contributed by atoms with Gasteiger partial charge in [-0.15, -0.1) is 11.3 Å². The van der Waals surface area contributed by atoms with Gasteiger partial charge in [-0.1, -0.05) is 43.5 Å². The predicted octanol–water partition coefficient (Wildman–Crippen LogP) is 4.73. The first kappa shape index (κ1) is 15.6. The van der Waals surface area contributed by atoms with E-state index in [1.54, 1.807) is 20.4 Å². The van der Waals surface area contributed by atoms with Gasteiger partial charge in [-0.05, 0) is 49.1 Å². The molecule has 0 spiro atoms. The minimum Gasteiger partial charge on any atom is -0.143 e. The maximum absolute atomic E-state index is 2.41. The van der Waals surface area contributed by atoms with E-state index in [0.29, 0.717) is 11.8 Å². The van der Waals surface area contributed by atoms with Gasteiger partial charge in [0.05, 0.1) is 0 Å². The van der Waals surface area contributed by atoms with Gasteiger partial charge in [-0.2, -0.15) is 0 Å². The normalized spacial score (nSPS) is 12.5. The monoisotopic (exact) mass is 288 g/mol. The molecule has 1 rings (SSSR count). The van der Waals surface area contributed by atoms with Crippen LogP contribution in [-0.2, 0) is 0 Å². The smallest absolute Gasteiger partial charge is 0.0157 e. The summed E-state index contributed by atoms with van der Waals surface area (Å²) in [4.78, 5) is 3.33. The summed E-state index contributed by atoms with van der Waals surface area (Å²) in [6.07, 6.45) is 0. The molecule has 1 heterocycles. The van der Waals surface area contributed by atoms with Gasteiger partial charge in [0.1, 0.15) is 0 Å². The van der Waals surface area contributed by atoms with Crippen molar-refractivity contribution < 1.29 is 0 Å². The average molecular weight is 288 g/mol. The summed E-state index contributed by atoms with van der Waals surface area (Å²) in [7, 11) is 0.0412. The van der Waals surface area contributed by atoms with Gasteiger partial charge in [0.15, 0.2) is 0 Å². The Labute approximate surface area is 114 Å². The van der Waals surface area contributed by atoms with Crippen LogP contribution in [0.15, 0.2) is 0 Å². The number of hydrogen-bond acceptors (Lipinski definition) is 1. The van der Waals surface area contributed by atoms with Gasteiger partial charge < -0.3 is 0 Å². The van der Waals surface area contributed by atoms with Gasteiger partial charge in [0.25, 0.3) is 0 Å². The van der Waals surface area contributed by atoms with Crippen molar-refractivity contribution in [3.8, 4) is 0 Å². The third kappa shape index (κ3) is 3.31. The van der Waals surface area contributed by atoms with E-state index in [9.17, 15) is 0 Å². The molecule has 0 atom stereocenters. The predicted molar refractivity (Wildman–Crippen MR) is 89.3 cm³/mol. The molecule has 1 aromatic heterocycles. The molecule has 0 nitrogen and oxygen atoms in total. The van der Waals surface area contributed by atoms with Crippen molar-refractivity contribution in [3.05, 3.63) is 9.75 Å². The zero-order chi connectivity index (χ0) is 13.3. The molecule has 0 aliphatic heterocycles. The van der Waals surface area contributed by atoms with Crippen molar-refractivity contribution in [1.82, 2.24) is 0 Å². The van der Waals surface area contributed by atoms with E-state index in [0.717, 1.165) is 0 Å². The lowest BCUT2D eigenvalue weighted by Gasteiger charge is -2.17. The number of thiophene rings is 1. The molecule has 0 unspecified atom stereocenters. The second kappa shape index (κ2) is 6.14. The fourth-order valence-corrected chi connectivity index (χ4v) is 8.41. The summed E-state index contributed by atoms with van der Waals surface area (Å²) >= 11 is 2.09. The fraction of sp³-hybridized carbons (Fsp3) is 0.714. The topological polar surface area (TPSA) is 0 Å². The zero-order valence-corrected chi connectivity index (χ0v) is 15.1. The van der Waals surface area contributed by atoms with E-state index in [2.05, 4.69) is 65.7 Å². The van der Waals surface area contributed by atoms with Crippen LogP contribution in [0.25, 0.3) is 0 Å². The number of rotatable bonds is 4. The first-order chi connectivity index (χ1) is 7.77. The fourth-order valence-electron chi connectivity index (χ4n) is 2.10. The number of hydrogen-bond donors (Lipinski definition) is 0. The molecule has 0 aliphatic rings. The van der Waals surface area contributed by atoms with Crippen LogP contribution in [0, 0.1) is 0 Å². The molecule has 0 radical (unpaired) electrons. The summed E-state index contributed by atoms with van der Waals surface area (Å²) in [6.45, 7) is 19.0. The van der Waals surface area contributed by atoms with Gasteiger partial charge in [-0.25, -0.2) is 0 Å². The van der Waals surface area contributed by atoms with E-state index in [-0.39, 0.29) is 15.8 Å². The molecule has 1 aromatic rings. The highest BCUT2D eigenvalue weighted by molar-refractivity contribution is 7.71. The second-order valence-electron chi connectivity index (χ2n) is 5.63. The lowest BCUT2D eigenvalue weighted by molar-refractivity contribution is 0.891. The lowest BCUT2D eigenvalue weighted by atomic mass is 10.1. The Kier molecular flexibility index (Phi) is 5.64. The molecule has 0 N–H and O–H groups in total. The molecule has 0 saturated heterocycles. The largest absolute Gasteiger partial charge is 0.143 e.